The minimum Gasteiger partial charge on any atom is -0.331 e. The molecule has 1 aliphatic rings. The first-order chi connectivity index (χ1) is 13.5. The lowest BCUT2D eigenvalue weighted by Gasteiger charge is -2.24. The lowest BCUT2D eigenvalue weighted by atomic mass is 10.1. The van der Waals surface area contributed by atoms with Crippen molar-refractivity contribution < 1.29 is 14.4 Å². The van der Waals surface area contributed by atoms with Crippen LogP contribution in [0.15, 0.2) is 54.6 Å². The summed E-state index contributed by atoms with van der Waals surface area (Å²) in [6.45, 7) is 0.574. The molecule has 1 atom stereocenters. The normalized spacial score (nSPS) is 16.0. The molecule has 1 aliphatic heterocycles. The Morgan fingerprint density at radius 2 is 1.71 bits per heavy atom. The van der Waals surface area contributed by atoms with Crippen molar-refractivity contribution in [3.05, 3.63) is 65.2 Å². The molecule has 2 aromatic rings. The molecule has 0 unspecified atom stereocenters. The first-order valence-corrected chi connectivity index (χ1v) is 9.86. The van der Waals surface area contributed by atoms with Crippen LogP contribution in [-0.2, 0) is 9.59 Å². The molecule has 0 radical (unpaired) electrons. The van der Waals surface area contributed by atoms with Crippen LogP contribution in [0, 0.1) is 0 Å². The van der Waals surface area contributed by atoms with Crippen molar-refractivity contribution in [1.29, 1.82) is 0 Å². The number of carbonyl (C=O) groups is 3. The molecular weight excluding hydrogens is 376 g/mol. The van der Waals surface area contributed by atoms with Gasteiger partial charge >= 0.3 is 0 Å². The summed E-state index contributed by atoms with van der Waals surface area (Å²) in [6.07, 6.45) is 2.52. The molecule has 1 N–H and O–H groups in total. The largest absolute Gasteiger partial charge is 0.331 e. The number of ketones is 1. The van der Waals surface area contributed by atoms with Gasteiger partial charge < -0.3 is 10.2 Å². The standard InChI is InChI=1S/C22H23ClN2O3/c23-17-11-13-18(14-12-17)24-22(28)19-8-5-15-25(19)21(27)10-4-9-20(26)16-6-2-1-3-7-16/h1-3,6-7,11-14,19H,4-5,8-10,15H2,(H,24,28)/t19-/m0/s1. The number of Topliss-reactive ketones (excluding diaryl/α,β-unsaturated/α-hetero) is 1. The maximum Gasteiger partial charge on any atom is 0.247 e. The van der Waals surface area contributed by atoms with Gasteiger partial charge in [0.25, 0.3) is 0 Å². The van der Waals surface area contributed by atoms with Gasteiger partial charge in [0.1, 0.15) is 6.04 Å². The van der Waals surface area contributed by atoms with E-state index in [1.807, 2.05) is 18.2 Å². The lowest BCUT2D eigenvalue weighted by molar-refractivity contribution is -0.136. The first kappa shape index (κ1) is 20.1. The molecule has 2 amide bonds. The number of anilines is 1. The number of rotatable bonds is 7. The number of hydrogen-bond acceptors (Lipinski definition) is 3. The fourth-order valence-corrected chi connectivity index (χ4v) is 3.53. The summed E-state index contributed by atoms with van der Waals surface area (Å²) in [5.41, 5.74) is 1.32. The van der Waals surface area contributed by atoms with Gasteiger partial charge in [0.05, 0.1) is 0 Å². The van der Waals surface area contributed by atoms with Crippen molar-refractivity contribution in [3.8, 4) is 0 Å². The zero-order valence-corrected chi connectivity index (χ0v) is 16.3. The molecule has 6 heteroatoms. The molecule has 1 saturated heterocycles. The van der Waals surface area contributed by atoms with E-state index < -0.39 is 6.04 Å². The molecule has 0 aromatic heterocycles. The Balaban J connectivity index is 1.50. The van der Waals surface area contributed by atoms with E-state index in [1.54, 1.807) is 41.3 Å². The van der Waals surface area contributed by atoms with E-state index in [2.05, 4.69) is 5.32 Å². The van der Waals surface area contributed by atoms with Gasteiger partial charge in [-0.2, -0.15) is 0 Å². The van der Waals surface area contributed by atoms with Crippen LogP contribution in [0.25, 0.3) is 0 Å². The smallest absolute Gasteiger partial charge is 0.247 e. The summed E-state index contributed by atoms with van der Waals surface area (Å²) in [4.78, 5) is 39.0. The zero-order chi connectivity index (χ0) is 19.9. The topological polar surface area (TPSA) is 66.5 Å². The molecule has 1 fully saturated rings. The first-order valence-electron chi connectivity index (χ1n) is 9.49. The monoisotopic (exact) mass is 398 g/mol. The van der Waals surface area contributed by atoms with E-state index in [-0.39, 0.29) is 24.0 Å². The van der Waals surface area contributed by atoms with Gasteiger partial charge in [0.15, 0.2) is 5.78 Å². The van der Waals surface area contributed by atoms with Gasteiger partial charge in [-0.3, -0.25) is 14.4 Å². The molecule has 1 heterocycles. The van der Waals surface area contributed by atoms with Crippen molar-refractivity contribution in [3.63, 3.8) is 0 Å². The van der Waals surface area contributed by atoms with Gasteiger partial charge in [-0.05, 0) is 43.5 Å². The number of amides is 2. The molecular formula is C22H23ClN2O3. The molecule has 2 aromatic carbocycles. The van der Waals surface area contributed by atoms with Gasteiger partial charge in [-0.15, -0.1) is 0 Å². The Bertz CT molecular complexity index is 837. The SMILES string of the molecule is O=C(CCCC(=O)N1CCC[C@H]1C(=O)Nc1ccc(Cl)cc1)c1ccccc1. The third-order valence-corrected chi connectivity index (χ3v) is 5.13. The van der Waals surface area contributed by atoms with Crippen molar-refractivity contribution in [2.24, 2.45) is 0 Å². The number of nitrogens with zero attached hydrogens (tertiary/aromatic N) is 1. The number of likely N-dealkylation sites (tertiary alicyclic amines) is 1. The van der Waals surface area contributed by atoms with Gasteiger partial charge in [0, 0.05) is 35.7 Å². The van der Waals surface area contributed by atoms with Crippen LogP contribution >= 0.6 is 11.6 Å². The molecule has 0 spiro atoms. The average Bonchev–Trinajstić information content (AvgIpc) is 3.20. The Morgan fingerprint density at radius 3 is 2.43 bits per heavy atom. The Labute approximate surface area is 169 Å². The number of benzene rings is 2. The van der Waals surface area contributed by atoms with Gasteiger partial charge in [-0.1, -0.05) is 41.9 Å². The highest BCUT2D eigenvalue weighted by atomic mass is 35.5. The van der Waals surface area contributed by atoms with Crippen LogP contribution in [0.4, 0.5) is 5.69 Å². The van der Waals surface area contributed by atoms with E-state index in [4.69, 9.17) is 11.6 Å². The predicted molar refractivity (Wildman–Crippen MR) is 109 cm³/mol. The highest BCUT2D eigenvalue weighted by Crippen LogP contribution is 2.22. The minimum atomic E-state index is -0.465. The van der Waals surface area contributed by atoms with Gasteiger partial charge in [0.2, 0.25) is 11.8 Å². The number of carbonyl (C=O) groups excluding carboxylic acids is 3. The zero-order valence-electron chi connectivity index (χ0n) is 15.6. The van der Waals surface area contributed by atoms with Crippen LogP contribution in [0.1, 0.15) is 42.5 Å². The Morgan fingerprint density at radius 1 is 1.00 bits per heavy atom. The quantitative estimate of drug-likeness (QED) is 0.706. The van der Waals surface area contributed by atoms with E-state index in [0.29, 0.717) is 42.1 Å². The van der Waals surface area contributed by atoms with E-state index in [0.717, 1.165) is 6.42 Å². The van der Waals surface area contributed by atoms with Crippen molar-refractivity contribution in [2.75, 3.05) is 11.9 Å². The van der Waals surface area contributed by atoms with Crippen LogP contribution in [0.3, 0.4) is 0 Å². The highest BCUT2D eigenvalue weighted by molar-refractivity contribution is 6.30. The molecule has 0 aliphatic carbocycles. The van der Waals surface area contributed by atoms with Crippen LogP contribution in [-0.4, -0.2) is 35.1 Å². The van der Waals surface area contributed by atoms with Crippen molar-refractivity contribution >= 4 is 34.9 Å². The van der Waals surface area contributed by atoms with Crippen molar-refractivity contribution in [2.45, 2.75) is 38.1 Å². The Hall–Kier alpha value is -2.66. The van der Waals surface area contributed by atoms with E-state index in [1.165, 1.54) is 0 Å². The maximum absolute atomic E-state index is 12.6. The molecule has 28 heavy (non-hydrogen) atoms. The summed E-state index contributed by atoms with van der Waals surface area (Å²) >= 11 is 5.86. The van der Waals surface area contributed by atoms with E-state index >= 15 is 0 Å². The fourth-order valence-electron chi connectivity index (χ4n) is 3.41. The second kappa shape index (κ2) is 9.51. The third kappa shape index (κ3) is 5.20. The molecule has 3 rings (SSSR count). The summed E-state index contributed by atoms with van der Waals surface area (Å²) in [5.74, 6) is -0.227. The number of nitrogens with one attached hydrogen (secondary N) is 1. The summed E-state index contributed by atoms with van der Waals surface area (Å²) < 4.78 is 0. The molecule has 146 valence electrons. The number of hydrogen-bond donors (Lipinski definition) is 1. The average molecular weight is 399 g/mol. The van der Waals surface area contributed by atoms with Crippen LogP contribution in [0.5, 0.6) is 0 Å². The molecule has 0 saturated carbocycles. The summed E-state index contributed by atoms with van der Waals surface area (Å²) in [7, 11) is 0. The fraction of sp³-hybridized carbons (Fsp3) is 0.318. The maximum atomic E-state index is 12.6. The third-order valence-electron chi connectivity index (χ3n) is 4.88. The second-order valence-electron chi connectivity index (χ2n) is 6.88. The minimum absolute atomic E-state index is 0.0341. The van der Waals surface area contributed by atoms with Crippen LogP contribution < -0.4 is 5.32 Å². The van der Waals surface area contributed by atoms with E-state index in [9.17, 15) is 14.4 Å². The highest BCUT2D eigenvalue weighted by Gasteiger charge is 2.33. The van der Waals surface area contributed by atoms with Gasteiger partial charge in [-0.25, -0.2) is 0 Å². The predicted octanol–water partition coefficient (Wildman–Crippen LogP) is 4.32. The lowest BCUT2D eigenvalue weighted by Crippen LogP contribution is -2.43. The Kier molecular flexibility index (Phi) is 6.82. The van der Waals surface area contributed by atoms with Crippen LogP contribution in [0.2, 0.25) is 5.02 Å². The summed E-state index contributed by atoms with van der Waals surface area (Å²) in [6, 6.07) is 15.5. The molecule has 5 nitrogen and oxygen atoms in total. The summed E-state index contributed by atoms with van der Waals surface area (Å²) in [5, 5.41) is 3.44. The van der Waals surface area contributed by atoms with Crippen molar-refractivity contribution in [1.82, 2.24) is 4.90 Å². The second-order valence-corrected chi connectivity index (χ2v) is 7.32. The number of halogens is 1. The molecule has 0 bridgehead atoms.